The number of pyridine rings is 1. The van der Waals surface area contributed by atoms with Gasteiger partial charge in [-0.25, -0.2) is 19.3 Å². The van der Waals surface area contributed by atoms with E-state index in [9.17, 15) is 4.39 Å². The van der Waals surface area contributed by atoms with Gasteiger partial charge in [0, 0.05) is 38.4 Å². The van der Waals surface area contributed by atoms with E-state index in [1.54, 1.807) is 6.07 Å². The predicted octanol–water partition coefficient (Wildman–Crippen LogP) is 11.2. The first-order chi connectivity index (χ1) is 25.2. The second-order valence-electron chi connectivity index (χ2n) is 12.6. The van der Waals surface area contributed by atoms with Crippen LogP contribution in [0.3, 0.4) is 0 Å². The molecule has 10 aromatic rings. The monoisotopic (exact) mass is 657 g/mol. The summed E-state index contributed by atoms with van der Waals surface area (Å²) >= 11 is 0. The molecule has 0 N–H and O–H groups in total. The Balaban J connectivity index is 1.23. The summed E-state index contributed by atoms with van der Waals surface area (Å²) in [5.41, 5.74) is 9.06. The van der Waals surface area contributed by atoms with Crippen LogP contribution in [-0.4, -0.2) is 24.1 Å². The van der Waals surface area contributed by atoms with Crippen molar-refractivity contribution in [1.82, 2.24) is 24.1 Å². The Hall–Kier alpha value is -6.92. The minimum absolute atomic E-state index is 0.319. The number of hydrogen-bond donors (Lipinski definition) is 0. The fourth-order valence-electron chi connectivity index (χ4n) is 7.38. The molecule has 4 heterocycles. The first-order valence-corrected chi connectivity index (χ1v) is 16.9. The molecule has 0 saturated heterocycles. The Morgan fingerprint density at radius 3 is 1.88 bits per heavy atom. The van der Waals surface area contributed by atoms with Crippen LogP contribution >= 0.6 is 0 Å². The van der Waals surface area contributed by atoms with Gasteiger partial charge in [0.1, 0.15) is 11.6 Å². The highest BCUT2D eigenvalue weighted by Crippen LogP contribution is 2.42. The van der Waals surface area contributed by atoms with Crippen molar-refractivity contribution in [2.45, 2.75) is 0 Å². The molecule has 4 aromatic heterocycles. The highest BCUT2D eigenvalue weighted by atomic mass is 19.1. The topological polar surface area (TPSA) is 48.5 Å². The van der Waals surface area contributed by atoms with Gasteiger partial charge in [-0.05, 0) is 60.7 Å². The van der Waals surface area contributed by atoms with Crippen LogP contribution in [0.2, 0.25) is 0 Å². The highest BCUT2D eigenvalue weighted by molar-refractivity contribution is 6.26. The summed E-state index contributed by atoms with van der Waals surface area (Å²) in [4.78, 5) is 15.1. The second kappa shape index (κ2) is 11.6. The van der Waals surface area contributed by atoms with E-state index in [0.29, 0.717) is 28.5 Å². The number of para-hydroxylation sites is 3. The Morgan fingerprint density at radius 1 is 0.412 bits per heavy atom. The van der Waals surface area contributed by atoms with E-state index in [2.05, 4.69) is 100 Å². The fourth-order valence-corrected chi connectivity index (χ4v) is 7.38. The number of hydrogen-bond acceptors (Lipinski definition) is 3. The van der Waals surface area contributed by atoms with E-state index in [0.717, 1.165) is 49.9 Å². The van der Waals surface area contributed by atoms with E-state index in [4.69, 9.17) is 15.0 Å². The third-order valence-electron chi connectivity index (χ3n) is 9.59. The molecule has 0 aliphatic rings. The van der Waals surface area contributed by atoms with Gasteiger partial charge in [0.25, 0.3) is 0 Å². The van der Waals surface area contributed by atoms with E-state index in [1.165, 1.54) is 22.9 Å². The van der Waals surface area contributed by atoms with E-state index in [-0.39, 0.29) is 5.82 Å². The third kappa shape index (κ3) is 4.72. The molecule has 0 unspecified atom stereocenters. The van der Waals surface area contributed by atoms with Gasteiger partial charge >= 0.3 is 0 Å². The standard InChI is InChI=1S/C45H28FN5/c46-31-16-11-15-30(27-31)37-28-38(49-45(48-37)29-13-3-1-4-14-29)36-21-12-24-42(47-36)51-40-23-10-8-20-35(40)43-41(51)26-25-34-33-19-7-9-22-39(33)50(44(34)43)32-17-5-2-6-18-32/h1-28H. The summed E-state index contributed by atoms with van der Waals surface area (Å²) < 4.78 is 19.0. The summed E-state index contributed by atoms with van der Waals surface area (Å²) in [6, 6.07) is 56.4. The summed E-state index contributed by atoms with van der Waals surface area (Å²) in [6.07, 6.45) is 0. The molecule has 240 valence electrons. The van der Waals surface area contributed by atoms with Crippen LogP contribution in [0.1, 0.15) is 0 Å². The van der Waals surface area contributed by atoms with Crippen molar-refractivity contribution in [3.8, 4) is 45.5 Å². The van der Waals surface area contributed by atoms with Crippen LogP contribution in [0.4, 0.5) is 4.39 Å². The van der Waals surface area contributed by atoms with Gasteiger partial charge in [-0.1, -0.05) is 109 Å². The lowest BCUT2D eigenvalue weighted by Gasteiger charge is -2.12. The molecule has 0 spiro atoms. The average molecular weight is 658 g/mol. The smallest absolute Gasteiger partial charge is 0.160 e. The summed E-state index contributed by atoms with van der Waals surface area (Å²) in [7, 11) is 0. The van der Waals surface area contributed by atoms with Crippen LogP contribution in [-0.2, 0) is 0 Å². The molecule has 0 aliphatic heterocycles. The van der Waals surface area contributed by atoms with Gasteiger partial charge < -0.3 is 4.57 Å². The maximum Gasteiger partial charge on any atom is 0.160 e. The van der Waals surface area contributed by atoms with Crippen LogP contribution in [0, 0.1) is 5.82 Å². The molecule has 51 heavy (non-hydrogen) atoms. The maximum atomic E-state index is 14.4. The summed E-state index contributed by atoms with van der Waals surface area (Å²) in [5, 5.41) is 4.72. The van der Waals surface area contributed by atoms with E-state index < -0.39 is 0 Å². The molecule has 0 atom stereocenters. The largest absolute Gasteiger partial charge is 0.309 e. The minimum atomic E-state index is -0.319. The lowest BCUT2D eigenvalue weighted by molar-refractivity contribution is 0.628. The SMILES string of the molecule is Fc1cccc(-c2cc(-c3cccc(-n4c5ccccc5c5c4ccc4c6ccccc6n(-c6ccccc6)c45)n3)nc(-c3ccccc3)n2)c1. The predicted molar refractivity (Wildman–Crippen MR) is 205 cm³/mol. The molecule has 10 rings (SSSR count). The zero-order chi connectivity index (χ0) is 33.9. The number of benzene rings is 6. The van der Waals surface area contributed by atoms with Crippen molar-refractivity contribution in [3.63, 3.8) is 0 Å². The Morgan fingerprint density at radius 2 is 1.08 bits per heavy atom. The molecule has 0 bridgehead atoms. The molecule has 0 saturated carbocycles. The van der Waals surface area contributed by atoms with Crippen molar-refractivity contribution in [2.24, 2.45) is 0 Å². The molecule has 0 amide bonds. The number of aromatic nitrogens is 5. The number of rotatable bonds is 5. The van der Waals surface area contributed by atoms with Crippen LogP contribution in [0.25, 0.3) is 89.2 Å². The van der Waals surface area contributed by atoms with Gasteiger partial charge in [0.05, 0.1) is 39.1 Å². The number of nitrogens with zero attached hydrogens (tertiary/aromatic N) is 5. The van der Waals surface area contributed by atoms with Crippen molar-refractivity contribution in [1.29, 1.82) is 0 Å². The van der Waals surface area contributed by atoms with Crippen molar-refractivity contribution < 1.29 is 4.39 Å². The molecule has 0 aliphatic carbocycles. The van der Waals surface area contributed by atoms with Crippen LogP contribution < -0.4 is 0 Å². The van der Waals surface area contributed by atoms with Gasteiger partial charge in [-0.3, -0.25) is 4.57 Å². The summed E-state index contributed by atoms with van der Waals surface area (Å²) in [5.74, 6) is 1.00. The zero-order valence-electron chi connectivity index (χ0n) is 27.3. The average Bonchev–Trinajstić information content (AvgIpc) is 3.71. The number of fused-ring (bicyclic) bond motifs is 7. The Bertz CT molecular complexity index is 2930. The van der Waals surface area contributed by atoms with Crippen LogP contribution in [0.15, 0.2) is 170 Å². The molecule has 0 radical (unpaired) electrons. The molecule has 6 aromatic carbocycles. The molecule has 6 heteroatoms. The first-order valence-electron chi connectivity index (χ1n) is 16.9. The Kier molecular flexibility index (Phi) is 6.61. The van der Waals surface area contributed by atoms with Gasteiger partial charge in [-0.2, -0.15) is 0 Å². The minimum Gasteiger partial charge on any atom is -0.309 e. The highest BCUT2D eigenvalue weighted by Gasteiger charge is 2.21. The van der Waals surface area contributed by atoms with Gasteiger partial charge in [0.15, 0.2) is 5.82 Å². The second-order valence-corrected chi connectivity index (χ2v) is 12.6. The van der Waals surface area contributed by atoms with Crippen LogP contribution in [0.5, 0.6) is 0 Å². The van der Waals surface area contributed by atoms with Gasteiger partial charge in [-0.15, -0.1) is 0 Å². The number of halogens is 1. The van der Waals surface area contributed by atoms with E-state index in [1.807, 2.05) is 60.7 Å². The van der Waals surface area contributed by atoms with Gasteiger partial charge in [0.2, 0.25) is 0 Å². The van der Waals surface area contributed by atoms with Crippen molar-refractivity contribution in [3.05, 3.63) is 176 Å². The van der Waals surface area contributed by atoms with E-state index >= 15 is 0 Å². The first kappa shape index (κ1) is 29.0. The molecule has 0 fully saturated rings. The molecular formula is C45H28FN5. The lowest BCUT2D eigenvalue weighted by Crippen LogP contribution is -2.01. The molecule has 5 nitrogen and oxygen atoms in total. The molecular weight excluding hydrogens is 630 g/mol. The lowest BCUT2D eigenvalue weighted by atomic mass is 10.1. The van der Waals surface area contributed by atoms with Crippen molar-refractivity contribution >= 4 is 43.6 Å². The summed E-state index contributed by atoms with van der Waals surface area (Å²) in [6.45, 7) is 0. The normalized spacial score (nSPS) is 11.6. The fraction of sp³-hybridized carbons (Fsp3) is 0. The Labute approximate surface area is 292 Å². The third-order valence-corrected chi connectivity index (χ3v) is 9.59. The zero-order valence-corrected chi connectivity index (χ0v) is 27.3. The quantitative estimate of drug-likeness (QED) is 0.185. The maximum absolute atomic E-state index is 14.4. The van der Waals surface area contributed by atoms with Crippen molar-refractivity contribution in [2.75, 3.05) is 0 Å².